The summed E-state index contributed by atoms with van der Waals surface area (Å²) in [5.41, 5.74) is 0.986. The summed E-state index contributed by atoms with van der Waals surface area (Å²) in [6.07, 6.45) is 3.64. The van der Waals surface area contributed by atoms with E-state index in [-0.39, 0.29) is 23.8 Å². The quantitative estimate of drug-likeness (QED) is 0.730. The van der Waals surface area contributed by atoms with Crippen LogP contribution in [0.15, 0.2) is 24.3 Å². The number of nitrogens with zero attached hydrogens (tertiary/aromatic N) is 1. The van der Waals surface area contributed by atoms with Crippen LogP contribution < -0.4 is 5.32 Å². The molecule has 0 radical (unpaired) electrons. The number of nitrogens with one attached hydrogen (secondary N) is 1. The van der Waals surface area contributed by atoms with E-state index in [9.17, 15) is 15.0 Å². The van der Waals surface area contributed by atoms with Gasteiger partial charge in [0.05, 0.1) is 6.61 Å². The van der Waals surface area contributed by atoms with Gasteiger partial charge in [-0.3, -0.25) is 0 Å². The predicted octanol–water partition coefficient (Wildman–Crippen LogP) is 2.13. The molecule has 0 bridgehead atoms. The fraction of sp³-hybridized carbons (Fsp3) is 0.588. The molecule has 1 atom stereocenters. The Balaban J connectivity index is 1.70. The summed E-state index contributed by atoms with van der Waals surface area (Å²) in [4.78, 5) is 14.0. The average molecular weight is 306 g/mol. The van der Waals surface area contributed by atoms with E-state index in [1.165, 1.54) is 0 Å². The van der Waals surface area contributed by atoms with E-state index in [0.717, 1.165) is 37.8 Å². The Labute approximate surface area is 131 Å². The highest BCUT2D eigenvalue weighted by Gasteiger charge is 2.32. The highest BCUT2D eigenvalue weighted by molar-refractivity contribution is 5.74. The lowest BCUT2D eigenvalue weighted by Crippen LogP contribution is -2.50. The number of rotatable bonds is 5. The van der Waals surface area contributed by atoms with Crippen LogP contribution in [-0.4, -0.2) is 47.4 Å². The molecule has 1 unspecified atom stereocenters. The summed E-state index contributed by atoms with van der Waals surface area (Å²) in [5, 5.41) is 21.6. The number of amides is 2. The van der Waals surface area contributed by atoms with Gasteiger partial charge < -0.3 is 20.4 Å². The summed E-state index contributed by atoms with van der Waals surface area (Å²) in [7, 11) is 0. The van der Waals surface area contributed by atoms with E-state index in [1.54, 1.807) is 17.0 Å². The lowest BCUT2D eigenvalue weighted by molar-refractivity contribution is 0.0616. The number of aryl methyl sites for hydroxylation is 1. The van der Waals surface area contributed by atoms with E-state index < -0.39 is 0 Å². The van der Waals surface area contributed by atoms with Gasteiger partial charge >= 0.3 is 6.03 Å². The van der Waals surface area contributed by atoms with Gasteiger partial charge in [-0.15, -0.1) is 0 Å². The van der Waals surface area contributed by atoms with Crippen molar-refractivity contribution in [2.45, 2.75) is 32.6 Å². The minimum absolute atomic E-state index is 0.0370. The summed E-state index contributed by atoms with van der Waals surface area (Å²) < 4.78 is 0. The largest absolute Gasteiger partial charge is 0.508 e. The molecule has 2 amide bonds. The molecule has 1 aromatic rings. The van der Waals surface area contributed by atoms with Crippen LogP contribution >= 0.6 is 0 Å². The van der Waals surface area contributed by atoms with Crippen molar-refractivity contribution in [1.29, 1.82) is 0 Å². The van der Waals surface area contributed by atoms with Gasteiger partial charge in [0.25, 0.3) is 0 Å². The van der Waals surface area contributed by atoms with Gasteiger partial charge in [-0.05, 0) is 43.4 Å². The first kappa shape index (κ1) is 16.6. The van der Waals surface area contributed by atoms with E-state index in [1.807, 2.05) is 19.1 Å². The Morgan fingerprint density at radius 2 is 2.09 bits per heavy atom. The number of benzene rings is 1. The van der Waals surface area contributed by atoms with Crippen LogP contribution in [0.3, 0.4) is 0 Å². The Hall–Kier alpha value is -1.75. The Bertz CT molecular complexity index is 489. The summed E-state index contributed by atoms with van der Waals surface area (Å²) >= 11 is 0. The number of phenols is 1. The number of urea groups is 1. The van der Waals surface area contributed by atoms with Crippen LogP contribution in [-0.2, 0) is 6.42 Å². The number of hydrogen-bond acceptors (Lipinski definition) is 3. The molecule has 5 nitrogen and oxygen atoms in total. The fourth-order valence-electron chi connectivity index (χ4n) is 2.88. The molecule has 1 saturated heterocycles. The first-order chi connectivity index (χ1) is 10.5. The fourth-order valence-corrected chi connectivity index (χ4v) is 2.88. The van der Waals surface area contributed by atoms with Crippen molar-refractivity contribution < 1.29 is 15.0 Å². The van der Waals surface area contributed by atoms with Crippen LogP contribution in [0.4, 0.5) is 4.79 Å². The Morgan fingerprint density at radius 1 is 1.36 bits per heavy atom. The second kappa shape index (κ2) is 7.49. The lowest BCUT2D eigenvalue weighted by Gasteiger charge is -2.39. The maximum absolute atomic E-state index is 12.2. The van der Waals surface area contributed by atoms with Gasteiger partial charge in [0, 0.05) is 25.0 Å². The number of aliphatic hydroxyl groups excluding tert-OH is 1. The Morgan fingerprint density at radius 3 is 2.77 bits per heavy atom. The number of likely N-dealkylation sites (tertiary alicyclic amines) is 1. The molecule has 0 spiro atoms. The third-order valence-electron chi connectivity index (χ3n) is 4.30. The van der Waals surface area contributed by atoms with Crippen molar-refractivity contribution in [3.05, 3.63) is 29.8 Å². The molecule has 0 aromatic heterocycles. The van der Waals surface area contributed by atoms with Crippen molar-refractivity contribution in [2.24, 2.45) is 5.41 Å². The number of hydrogen-bond donors (Lipinski definition) is 3. The van der Waals surface area contributed by atoms with Gasteiger partial charge in [-0.25, -0.2) is 4.79 Å². The average Bonchev–Trinajstić information content (AvgIpc) is 2.53. The van der Waals surface area contributed by atoms with Crippen molar-refractivity contribution in [1.82, 2.24) is 10.2 Å². The maximum Gasteiger partial charge on any atom is 0.317 e. The molecule has 3 N–H and O–H groups in total. The van der Waals surface area contributed by atoms with Crippen molar-refractivity contribution >= 4 is 6.03 Å². The number of aliphatic hydroxyl groups is 1. The van der Waals surface area contributed by atoms with Gasteiger partial charge in [-0.2, -0.15) is 0 Å². The first-order valence-electron chi connectivity index (χ1n) is 7.94. The van der Waals surface area contributed by atoms with E-state index in [4.69, 9.17) is 0 Å². The normalized spacial score (nSPS) is 21.6. The third kappa shape index (κ3) is 4.63. The standard InChI is InChI=1S/C17H26N2O3/c1-17(13-20)9-3-11-19(12-17)16(22)18-10-2-4-14-5-7-15(21)8-6-14/h5-8,20-21H,2-4,9-13H2,1H3,(H,18,22). The molecule has 22 heavy (non-hydrogen) atoms. The summed E-state index contributed by atoms with van der Waals surface area (Å²) in [6, 6.07) is 7.11. The molecule has 1 aliphatic rings. The monoisotopic (exact) mass is 306 g/mol. The lowest BCUT2D eigenvalue weighted by atomic mass is 9.83. The minimum Gasteiger partial charge on any atom is -0.508 e. The van der Waals surface area contributed by atoms with Gasteiger partial charge in [0.1, 0.15) is 5.75 Å². The molecule has 0 aliphatic carbocycles. The van der Waals surface area contributed by atoms with Crippen LogP contribution in [0.1, 0.15) is 31.7 Å². The molecule has 0 saturated carbocycles. The summed E-state index contributed by atoms with van der Waals surface area (Å²) in [5.74, 6) is 0.272. The Kier molecular flexibility index (Phi) is 5.66. The smallest absolute Gasteiger partial charge is 0.317 e. The van der Waals surface area contributed by atoms with E-state index in [0.29, 0.717) is 13.1 Å². The zero-order valence-electron chi connectivity index (χ0n) is 13.2. The topological polar surface area (TPSA) is 72.8 Å². The van der Waals surface area contributed by atoms with Gasteiger partial charge in [0.15, 0.2) is 0 Å². The molecule has 1 aliphatic heterocycles. The van der Waals surface area contributed by atoms with Crippen LogP contribution in [0.2, 0.25) is 0 Å². The number of aromatic hydroxyl groups is 1. The van der Waals surface area contributed by atoms with Gasteiger partial charge in [-0.1, -0.05) is 19.1 Å². The highest BCUT2D eigenvalue weighted by atomic mass is 16.3. The van der Waals surface area contributed by atoms with Crippen LogP contribution in [0.5, 0.6) is 5.75 Å². The molecule has 1 fully saturated rings. The molecule has 2 rings (SSSR count). The maximum atomic E-state index is 12.2. The summed E-state index contributed by atoms with van der Waals surface area (Å²) in [6.45, 7) is 4.16. The zero-order chi connectivity index (χ0) is 16.0. The molecule has 5 heteroatoms. The zero-order valence-corrected chi connectivity index (χ0v) is 13.2. The number of phenolic OH excluding ortho intramolecular Hbond substituents is 1. The minimum atomic E-state index is -0.165. The van der Waals surface area contributed by atoms with Crippen molar-refractivity contribution in [3.63, 3.8) is 0 Å². The van der Waals surface area contributed by atoms with Crippen molar-refractivity contribution in [3.8, 4) is 5.75 Å². The third-order valence-corrected chi connectivity index (χ3v) is 4.30. The van der Waals surface area contributed by atoms with Crippen LogP contribution in [0.25, 0.3) is 0 Å². The van der Waals surface area contributed by atoms with E-state index >= 15 is 0 Å². The second-order valence-corrected chi connectivity index (χ2v) is 6.50. The number of carbonyl (C=O) groups excluding carboxylic acids is 1. The first-order valence-corrected chi connectivity index (χ1v) is 7.94. The molecular weight excluding hydrogens is 280 g/mol. The molecular formula is C17H26N2O3. The molecule has 1 heterocycles. The van der Waals surface area contributed by atoms with Crippen LogP contribution in [0, 0.1) is 5.41 Å². The molecule has 122 valence electrons. The SMILES string of the molecule is CC1(CO)CCCN(C(=O)NCCCc2ccc(O)cc2)C1. The predicted molar refractivity (Wildman–Crippen MR) is 85.8 cm³/mol. The second-order valence-electron chi connectivity index (χ2n) is 6.50. The van der Waals surface area contributed by atoms with E-state index in [2.05, 4.69) is 5.32 Å². The number of piperidine rings is 1. The molecule has 1 aromatic carbocycles. The highest BCUT2D eigenvalue weighted by Crippen LogP contribution is 2.28. The van der Waals surface area contributed by atoms with Gasteiger partial charge in [0.2, 0.25) is 0 Å². The number of carbonyl (C=O) groups is 1. The van der Waals surface area contributed by atoms with Crippen molar-refractivity contribution in [2.75, 3.05) is 26.2 Å².